The van der Waals surface area contributed by atoms with Crippen molar-refractivity contribution in [3.63, 3.8) is 0 Å². The molecule has 0 saturated heterocycles. The van der Waals surface area contributed by atoms with Crippen LogP contribution < -0.4 is 16.4 Å². The molecule has 0 radical (unpaired) electrons. The van der Waals surface area contributed by atoms with Gasteiger partial charge in [-0.1, -0.05) is 20.3 Å². The highest BCUT2D eigenvalue weighted by Crippen LogP contribution is 2.12. The molecule has 0 aliphatic heterocycles. The molecule has 0 heterocycles. The number of nitrogens with two attached hydrogens (primary N) is 1. The highest BCUT2D eigenvalue weighted by Gasteiger charge is 2.19. The number of carbonyl (C=O) groups excluding carboxylic acids is 2. The number of hydrogen-bond acceptors (Lipinski definition) is 3. The maximum absolute atomic E-state index is 12.0. The average molecular weight is 328 g/mol. The Hall–Kier alpha value is -1.59. The van der Waals surface area contributed by atoms with Crippen LogP contribution in [0.3, 0.4) is 0 Å². The first kappa shape index (κ1) is 20.4. The number of rotatable bonds is 6. The Kier molecular flexibility index (Phi) is 8.75. The number of carbonyl (C=O) groups is 2. The lowest BCUT2D eigenvalue weighted by Crippen LogP contribution is -2.40. The summed E-state index contributed by atoms with van der Waals surface area (Å²) in [5, 5.41) is 5.58. The first-order valence-electron chi connectivity index (χ1n) is 7.32. The van der Waals surface area contributed by atoms with E-state index in [0.717, 1.165) is 6.42 Å². The first-order valence-corrected chi connectivity index (χ1v) is 7.32. The highest BCUT2D eigenvalue weighted by molar-refractivity contribution is 5.97. The molecule has 1 aromatic rings. The molecule has 1 aromatic carbocycles. The molecule has 22 heavy (non-hydrogen) atoms. The van der Waals surface area contributed by atoms with Crippen molar-refractivity contribution in [1.29, 1.82) is 0 Å². The Bertz CT molecular complexity index is 489. The van der Waals surface area contributed by atoms with E-state index in [1.165, 1.54) is 0 Å². The fourth-order valence-electron chi connectivity index (χ4n) is 1.79. The van der Waals surface area contributed by atoms with Crippen LogP contribution in [0, 0.1) is 5.92 Å². The normalized spacial score (nSPS) is 13.0. The van der Waals surface area contributed by atoms with E-state index in [1.54, 1.807) is 24.3 Å². The van der Waals surface area contributed by atoms with Gasteiger partial charge in [0.05, 0.1) is 6.04 Å². The largest absolute Gasteiger partial charge is 0.350 e. The molecule has 124 valence electrons. The molecule has 4 N–H and O–H groups in total. The molecular weight excluding hydrogens is 302 g/mol. The third-order valence-electron chi connectivity index (χ3n) is 3.39. The van der Waals surface area contributed by atoms with Crippen molar-refractivity contribution in [2.45, 2.75) is 46.2 Å². The van der Waals surface area contributed by atoms with Crippen molar-refractivity contribution in [2.75, 3.05) is 5.32 Å². The summed E-state index contributed by atoms with van der Waals surface area (Å²) in [6.07, 6.45) is 0.850. The second kappa shape index (κ2) is 9.43. The zero-order valence-electron chi connectivity index (χ0n) is 13.6. The molecule has 0 aliphatic carbocycles. The second-order valence-corrected chi connectivity index (χ2v) is 5.61. The predicted molar refractivity (Wildman–Crippen MR) is 92.4 cm³/mol. The minimum Gasteiger partial charge on any atom is -0.350 e. The Labute approximate surface area is 138 Å². The van der Waals surface area contributed by atoms with E-state index in [1.807, 2.05) is 27.7 Å². The Morgan fingerprint density at radius 3 is 2.14 bits per heavy atom. The van der Waals surface area contributed by atoms with Gasteiger partial charge in [-0.25, -0.2) is 0 Å². The third kappa shape index (κ3) is 6.03. The third-order valence-corrected chi connectivity index (χ3v) is 3.39. The topological polar surface area (TPSA) is 84.2 Å². The predicted octanol–water partition coefficient (Wildman–Crippen LogP) is 2.56. The van der Waals surface area contributed by atoms with Crippen molar-refractivity contribution < 1.29 is 9.59 Å². The van der Waals surface area contributed by atoms with Crippen molar-refractivity contribution in [3.05, 3.63) is 29.8 Å². The molecule has 0 spiro atoms. The molecule has 0 saturated carbocycles. The van der Waals surface area contributed by atoms with Gasteiger partial charge in [0.15, 0.2) is 0 Å². The molecule has 2 atom stereocenters. The average Bonchev–Trinajstić information content (AvgIpc) is 2.45. The SMILES string of the molecule is CCC(C)C(N)C(=O)Nc1ccc(C(=O)NC(C)C)cc1.Cl. The number of halogens is 1. The van der Waals surface area contributed by atoms with E-state index in [2.05, 4.69) is 10.6 Å². The van der Waals surface area contributed by atoms with Crippen molar-refractivity contribution in [2.24, 2.45) is 11.7 Å². The molecule has 6 heteroatoms. The van der Waals surface area contributed by atoms with Gasteiger partial charge in [-0.05, 0) is 44.0 Å². The van der Waals surface area contributed by atoms with Crippen LogP contribution in [0.15, 0.2) is 24.3 Å². The number of nitrogens with one attached hydrogen (secondary N) is 2. The summed E-state index contributed by atoms with van der Waals surface area (Å²) in [5.41, 5.74) is 7.08. The Morgan fingerprint density at radius 1 is 1.14 bits per heavy atom. The van der Waals surface area contributed by atoms with Crippen molar-refractivity contribution in [1.82, 2.24) is 5.32 Å². The van der Waals surface area contributed by atoms with Crippen LogP contribution in [0.25, 0.3) is 0 Å². The molecule has 0 fully saturated rings. The first-order chi connectivity index (χ1) is 9.85. The van der Waals surface area contributed by atoms with Gasteiger partial charge in [0.25, 0.3) is 5.91 Å². The van der Waals surface area contributed by atoms with Crippen LogP contribution in [0.2, 0.25) is 0 Å². The summed E-state index contributed by atoms with van der Waals surface area (Å²) in [7, 11) is 0. The number of amides is 2. The van der Waals surface area contributed by atoms with Gasteiger partial charge in [0.2, 0.25) is 5.91 Å². The lowest BCUT2D eigenvalue weighted by Gasteiger charge is -2.17. The molecule has 1 rings (SSSR count). The summed E-state index contributed by atoms with van der Waals surface area (Å²) in [6, 6.07) is 6.33. The van der Waals surface area contributed by atoms with Crippen LogP contribution in [0.4, 0.5) is 5.69 Å². The van der Waals surface area contributed by atoms with Crippen molar-refractivity contribution in [3.8, 4) is 0 Å². The Balaban J connectivity index is 0.00000441. The minimum absolute atomic E-state index is 0. The number of benzene rings is 1. The maximum Gasteiger partial charge on any atom is 0.251 e. The van der Waals surface area contributed by atoms with E-state index >= 15 is 0 Å². The Morgan fingerprint density at radius 2 is 1.68 bits per heavy atom. The van der Waals surface area contributed by atoms with E-state index in [9.17, 15) is 9.59 Å². The van der Waals surface area contributed by atoms with Gasteiger partial charge in [0.1, 0.15) is 0 Å². The standard InChI is InChI=1S/C16H25N3O2.ClH/c1-5-11(4)14(17)16(21)19-13-8-6-12(7-9-13)15(20)18-10(2)3;/h6-11,14H,5,17H2,1-4H3,(H,18,20)(H,19,21);1H. The van der Waals surface area contributed by atoms with Crippen LogP contribution in [-0.4, -0.2) is 23.9 Å². The molecular formula is C16H26ClN3O2. The van der Waals surface area contributed by atoms with Gasteiger partial charge in [-0.3, -0.25) is 9.59 Å². The summed E-state index contributed by atoms with van der Waals surface area (Å²) in [5.74, 6) is -0.205. The molecule has 0 aromatic heterocycles. The molecule has 0 aliphatic rings. The van der Waals surface area contributed by atoms with Crippen molar-refractivity contribution >= 4 is 29.9 Å². The smallest absolute Gasteiger partial charge is 0.251 e. The summed E-state index contributed by atoms with van der Waals surface area (Å²) < 4.78 is 0. The molecule has 0 bridgehead atoms. The molecule has 5 nitrogen and oxygen atoms in total. The maximum atomic E-state index is 12.0. The van der Waals surface area contributed by atoms with E-state index < -0.39 is 6.04 Å². The van der Waals surface area contributed by atoms with Crippen LogP contribution >= 0.6 is 12.4 Å². The fraction of sp³-hybridized carbons (Fsp3) is 0.500. The monoisotopic (exact) mass is 327 g/mol. The van der Waals surface area contributed by atoms with Gasteiger partial charge in [-0.2, -0.15) is 0 Å². The summed E-state index contributed by atoms with van der Waals surface area (Å²) >= 11 is 0. The zero-order valence-corrected chi connectivity index (χ0v) is 14.4. The van der Waals surface area contributed by atoms with Gasteiger partial charge >= 0.3 is 0 Å². The fourth-order valence-corrected chi connectivity index (χ4v) is 1.79. The van der Waals surface area contributed by atoms with Gasteiger partial charge in [0, 0.05) is 17.3 Å². The quantitative estimate of drug-likeness (QED) is 0.750. The zero-order chi connectivity index (χ0) is 16.0. The lowest BCUT2D eigenvalue weighted by atomic mass is 9.99. The lowest BCUT2D eigenvalue weighted by molar-refractivity contribution is -0.118. The van der Waals surface area contributed by atoms with Gasteiger partial charge < -0.3 is 16.4 Å². The van der Waals surface area contributed by atoms with Gasteiger partial charge in [-0.15, -0.1) is 12.4 Å². The molecule has 2 unspecified atom stereocenters. The van der Waals surface area contributed by atoms with E-state index in [0.29, 0.717) is 11.3 Å². The summed E-state index contributed by atoms with van der Waals surface area (Å²) in [4.78, 5) is 23.8. The number of anilines is 1. The highest BCUT2D eigenvalue weighted by atomic mass is 35.5. The minimum atomic E-state index is -0.529. The summed E-state index contributed by atoms with van der Waals surface area (Å²) in [6.45, 7) is 7.76. The van der Waals surface area contributed by atoms with Crippen LogP contribution in [0.5, 0.6) is 0 Å². The van der Waals surface area contributed by atoms with E-state index in [4.69, 9.17) is 5.73 Å². The second-order valence-electron chi connectivity index (χ2n) is 5.61. The number of hydrogen-bond donors (Lipinski definition) is 3. The van der Waals surface area contributed by atoms with Crippen LogP contribution in [-0.2, 0) is 4.79 Å². The van der Waals surface area contributed by atoms with Crippen LogP contribution in [0.1, 0.15) is 44.5 Å². The molecule has 2 amide bonds. The van der Waals surface area contributed by atoms with E-state index in [-0.39, 0.29) is 36.2 Å².